The van der Waals surface area contributed by atoms with E-state index in [9.17, 15) is 4.79 Å². The molecule has 6 heteroatoms. The van der Waals surface area contributed by atoms with Gasteiger partial charge in [-0.15, -0.1) is 0 Å². The number of piperidine rings is 3. The number of pyridine rings is 1. The van der Waals surface area contributed by atoms with Gasteiger partial charge < -0.3 is 10.2 Å². The Hall–Kier alpha value is -1.53. The highest BCUT2D eigenvalue weighted by Crippen LogP contribution is 2.28. The highest BCUT2D eigenvalue weighted by molar-refractivity contribution is 7.13. The summed E-state index contributed by atoms with van der Waals surface area (Å²) in [5.41, 5.74) is 0.523. The highest BCUT2D eigenvalue weighted by Gasteiger charge is 2.35. The van der Waals surface area contributed by atoms with Gasteiger partial charge in [-0.25, -0.2) is 4.98 Å². The van der Waals surface area contributed by atoms with Crippen LogP contribution in [0.3, 0.4) is 0 Å². The molecule has 5 nitrogen and oxygen atoms in total. The first kappa shape index (κ1) is 12.2. The Balaban J connectivity index is 1.56. The lowest BCUT2D eigenvalue weighted by Crippen LogP contribution is -2.57. The number of nitrogens with zero attached hydrogens (tertiary/aromatic N) is 3. The van der Waals surface area contributed by atoms with Crippen molar-refractivity contribution in [1.29, 1.82) is 0 Å². The van der Waals surface area contributed by atoms with Gasteiger partial charge >= 0.3 is 0 Å². The second kappa shape index (κ2) is 4.79. The summed E-state index contributed by atoms with van der Waals surface area (Å²) in [6.07, 6.45) is 4.13. The fourth-order valence-electron chi connectivity index (χ4n) is 3.31. The van der Waals surface area contributed by atoms with E-state index in [1.165, 1.54) is 37.5 Å². The van der Waals surface area contributed by atoms with Crippen LogP contribution in [0.2, 0.25) is 0 Å². The van der Waals surface area contributed by atoms with Gasteiger partial charge in [0, 0.05) is 24.2 Å². The monoisotopic (exact) mass is 288 g/mol. The summed E-state index contributed by atoms with van der Waals surface area (Å²) in [4.78, 5) is 19.9. The second-order valence-corrected chi connectivity index (χ2v) is 6.36. The van der Waals surface area contributed by atoms with Crippen molar-refractivity contribution in [1.82, 2.24) is 19.6 Å². The van der Waals surface area contributed by atoms with Gasteiger partial charge in [0.05, 0.1) is 0 Å². The van der Waals surface area contributed by atoms with Gasteiger partial charge in [-0.05, 0) is 55.5 Å². The first-order valence-electron chi connectivity index (χ1n) is 7.05. The lowest BCUT2D eigenvalue weighted by molar-refractivity contribution is 0.0619. The third-order valence-electron chi connectivity index (χ3n) is 4.44. The van der Waals surface area contributed by atoms with Crippen molar-refractivity contribution < 1.29 is 4.79 Å². The molecule has 0 saturated carbocycles. The van der Waals surface area contributed by atoms with Gasteiger partial charge in [-0.3, -0.25) is 4.79 Å². The summed E-state index contributed by atoms with van der Waals surface area (Å²) >= 11 is 1.29. The Labute approximate surface area is 121 Å². The summed E-state index contributed by atoms with van der Waals surface area (Å²) in [6, 6.07) is 4.04. The molecule has 0 spiro atoms. The van der Waals surface area contributed by atoms with Crippen molar-refractivity contribution >= 4 is 27.7 Å². The van der Waals surface area contributed by atoms with Crippen LogP contribution < -0.4 is 5.32 Å². The van der Waals surface area contributed by atoms with E-state index < -0.39 is 0 Å². The topological polar surface area (TPSA) is 58.1 Å². The summed E-state index contributed by atoms with van der Waals surface area (Å²) in [5, 5.41) is 4.04. The van der Waals surface area contributed by atoms with Crippen molar-refractivity contribution in [2.45, 2.75) is 18.9 Å². The SMILES string of the molecule is O=C(N[C@H]1CN2CCC1CC2)c1nsc2ncccc12. The van der Waals surface area contributed by atoms with Gasteiger partial charge in [-0.1, -0.05) is 0 Å². The molecule has 2 aromatic rings. The number of fused-ring (bicyclic) bond motifs is 4. The number of carbonyl (C=O) groups excluding carboxylic acids is 1. The van der Waals surface area contributed by atoms with Crippen LogP contribution >= 0.6 is 11.5 Å². The first-order chi connectivity index (χ1) is 9.81. The van der Waals surface area contributed by atoms with Crippen molar-refractivity contribution in [2.24, 2.45) is 5.92 Å². The molecule has 104 valence electrons. The van der Waals surface area contributed by atoms with Gasteiger partial charge in [0.1, 0.15) is 4.83 Å². The summed E-state index contributed by atoms with van der Waals surface area (Å²) in [7, 11) is 0. The summed E-state index contributed by atoms with van der Waals surface area (Å²) in [5.74, 6) is 0.579. The lowest BCUT2D eigenvalue weighted by atomic mass is 9.84. The zero-order valence-corrected chi connectivity index (χ0v) is 11.9. The molecule has 0 aromatic carbocycles. The molecule has 1 amide bonds. The molecular formula is C14H16N4OS. The Kier molecular flexibility index (Phi) is 2.93. The molecule has 3 saturated heterocycles. The van der Waals surface area contributed by atoms with Crippen LogP contribution in [0.4, 0.5) is 0 Å². The number of rotatable bonds is 2. The summed E-state index contributed by atoms with van der Waals surface area (Å²) < 4.78 is 4.28. The molecule has 2 aromatic heterocycles. The van der Waals surface area contributed by atoms with Crippen molar-refractivity contribution in [3.63, 3.8) is 0 Å². The zero-order chi connectivity index (χ0) is 13.5. The molecule has 5 heterocycles. The first-order valence-corrected chi connectivity index (χ1v) is 7.82. The lowest BCUT2D eigenvalue weighted by Gasteiger charge is -2.44. The summed E-state index contributed by atoms with van der Waals surface area (Å²) in [6.45, 7) is 3.35. The van der Waals surface area contributed by atoms with Gasteiger partial charge in [0.2, 0.25) is 0 Å². The van der Waals surface area contributed by atoms with Crippen LogP contribution in [0.15, 0.2) is 18.3 Å². The standard InChI is InChI=1S/C14H16N4OS/c19-13(12-10-2-1-5-15-14(10)20-17-12)16-11-8-18-6-3-9(11)4-7-18/h1-2,5,9,11H,3-4,6-8H2,(H,16,19)/t11-/m0/s1. The smallest absolute Gasteiger partial charge is 0.271 e. The molecule has 2 bridgehead atoms. The van der Waals surface area contributed by atoms with E-state index in [4.69, 9.17) is 0 Å². The van der Waals surface area contributed by atoms with E-state index in [-0.39, 0.29) is 11.9 Å². The van der Waals surface area contributed by atoms with Crippen LogP contribution in [0.1, 0.15) is 23.3 Å². The molecule has 0 unspecified atom stereocenters. The van der Waals surface area contributed by atoms with E-state index >= 15 is 0 Å². The predicted molar refractivity (Wildman–Crippen MR) is 77.8 cm³/mol. The number of nitrogens with one attached hydrogen (secondary N) is 1. The average Bonchev–Trinajstić information content (AvgIpc) is 2.92. The molecule has 1 atom stereocenters. The fourth-order valence-corrected chi connectivity index (χ4v) is 4.04. The van der Waals surface area contributed by atoms with Crippen LogP contribution in [0.25, 0.3) is 10.2 Å². The zero-order valence-electron chi connectivity index (χ0n) is 11.1. The van der Waals surface area contributed by atoms with Crippen molar-refractivity contribution in [3.05, 3.63) is 24.0 Å². The van der Waals surface area contributed by atoms with E-state index in [2.05, 4.69) is 19.6 Å². The minimum atomic E-state index is -0.0528. The van der Waals surface area contributed by atoms with E-state index in [1.807, 2.05) is 12.1 Å². The molecule has 3 fully saturated rings. The largest absolute Gasteiger partial charge is 0.346 e. The van der Waals surface area contributed by atoms with Gasteiger partial charge in [0.15, 0.2) is 5.69 Å². The predicted octanol–water partition coefficient (Wildman–Crippen LogP) is 1.52. The van der Waals surface area contributed by atoms with E-state index in [0.717, 1.165) is 16.8 Å². The number of hydrogen-bond acceptors (Lipinski definition) is 5. The number of aromatic nitrogens is 2. The van der Waals surface area contributed by atoms with Crippen LogP contribution in [-0.2, 0) is 0 Å². The van der Waals surface area contributed by atoms with Crippen LogP contribution in [0, 0.1) is 5.92 Å². The maximum absolute atomic E-state index is 12.5. The van der Waals surface area contributed by atoms with E-state index in [0.29, 0.717) is 11.6 Å². The van der Waals surface area contributed by atoms with Gasteiger partial charge in [-0.2, -0.15) is 4.37 Å². The quantitative estimate of drug-likeness (QED) is 0.910. The maximum atomic E-state index is 12.5. The van der Waals surface area contributed by atoms with Crippen LogP contribution in [-0.4, -0.2) is 45.8 Å². The molecule has 0 aliphatic carbocycles. The minimum Gasteiger partial charge on any atom is -0.346 e. The average molecular weight is 288 g/mol. The second-order valence-electron chi connectivity index (χ2n) is 5.61. The van der Waals surface area contributed by atoms with Gasteiger partial charge in [0.25, 0.3) is 5.91 Å². The van der Waals surface area contributed by atoms with Crippen molar-refractivity contribution in [2.75, 3.05) is 19.6 Å². The maximum Gasteiger partial charge on any atom is 0.271 e. The molecule has 20 heavy (non-hydrogen) atoms. The number of carbonyl (C=O) groups is 1. The molecule has 1 N–H and O–H groups in total. The Morgan fingerprint density at radius 1 is 1.40 bits per heavy atom. The molecule has 0 radical (unpaired) electrons. The van der Waals surface area contributed by atoms with E-state index in [1.54, 1.807) is 6.20 Å². The molecule has 3 aliphatic rings. The third-order valence-corrected chi connectivity index (χ3v) is 5.21. The highest BCUT2D eigenvalue weighted by atomic mass is 32.1. The molecule has 5 rings (SSSR count). The Bertz CT molecular complexity index is 647. The number of hydrogen-bond donors (Lipinski definition) is 1. The third kappa shape index (κ3) is 1.99. The van der Waals surface area contributed by atoms with Crippen LogP contribution in [0.5, 0.6) is 0 Å². The normalized spacial score (nSPS) is 28.7. The number of amides is 1. The molecule has 3 aliphatic heterocycles. The Morgan fingerprint density at radius 3 is 3.00 bits per heavy atom. The minimum absolute atomic E-state index is 0.0528. The van der Waals surface area contributed by atoms with Crippen molar-refractivity contribution in [3.8, 4) is 0 Å². The fraction of sp³-hybridized carbons (Fsp3) is 0.500. The Morgan fingerprint density at radius 2 is 2.25 bits per heavy atom. The molecular weight excluding hydrogens is 272 g/mol.